The molecule has 0 aromatic heterocycles. The molecule has 0 radical (unpaired) electrons. The van der Waals surface area contributed by atoms with Gasteiger partial charge in [-0.2, -0.15) is 13.2 Å². The minimum Gasteiger partial charge on any atom is -0.480 e. The van der Waals surface area contributed by atoms with Crippen LogP contribution < -0.4 is 0 Å². The molecule has 1 rings (SSSR count). The number of aliphatic carboxylic acids is 1. The van der Waals surface area contributed by atoms with Crippen LogP contribution in [0.1, 0.15) is 11.7 Å². The Labute approximate surface area is 103 Å². The monoisotopic (exact) mass is 312 g/mol. The molecule has 0 fully saturated rings. The molecule has 17 heavy (non-hydrogen) atoms. The molecule has 0 unspecified atom stereocenters. The summed E-state index contributed by atoms with van der Waals surface area (Å²) >= 11 is 3.04. The van der Waals surface area contributed by atoms with Gasteiger partial charge in [0.1, 0.15) is 6.61 Å². The fourth-order valence-corrected chi connectivity index (χ4v) is 1.62. The second-order valence-corrected chi connectivity index (χ2v) is 4.10. The van der Waals surface area contributed by atoms with Crippen LogP contribution in [0.3, 0.4) is 0 Å². The maximum atomic E-state index is 12.7. The summed E-state index contributed by atoms with van der Waals surface area (Å²) in [5, 5.41) is 8.33. The molecule has 0 saturated carbocycles. The van der Waals surface area contributed by atoms with E-state index < -0.39 is 24.9 Å². The first kappa shape index (κ1) is 14.0. The van der Waals surface area contributed by atoms with Gasteiger partial charge < -0.3 is 9.84 Å². The lowest BCUT2D eigenvalue weighted by atomic mass is 10.1. The fraction of sp³-hybridized carbons (Fsp3) is 0.300. The minimum atomic E-state index is -4.66. The lowest BCUT2D eigenvalue weighted by Gasteiger charge is -2.20. The number of carbonyl (C=O) groups is 1. The highest BCUT2D eigenvalue weighted by Crippen LogP contribution is 2.36. The van der Waals surface area contributed by atoms with Crippen molar-refractivity contribution in [3.8, 4) is 0 Å². The van der Waals surface area contributed by atoms with Crippen LogP contribution in [0.25, 0.3) is 0 Å². The van der Waals surface area contributed by atoms with E-state index in [0.29, 0.717) is 4.47 Å². The first-order valence-electron chi connectivity index (χ1n) is 4.46. The number of carboxylic acids is 1. The largest absolute Gasteiger partial charge is 0.480 e. The van der Waals surface area contributed by atoms with E-state index in [-0.39, 0.29) is 5.56 Å². The average molecular weight is 313 g/mol. The molecule has 0 spiro atoms. The van der Waals surface area contributed by atoms with Crippen molar-refractivity contribution in [3.63, 3.8) is 0 Å². The van der Waals surface area contributed by atoms with E-state index in [4.69, 9.17) is 5.11 Å². The van der Waals surface area contributed by atoms with E-state index in [2.05, 4.69) is 20.7 Å². The Morgan fingerprint density at radius 3 is 2.59 bits per heavy atom. The normalized spacial score (nSPS) is 13.4. The number of rotatable bonds is 4. The molecule has 1 aromatic rings. The molecular formula is C10H8BrF3O3. The summed E-state index contributed by atoms with van der Waals surface area (Å²) < 4.78 is 42.8. The van der Waals surface area contributed by atoms with Crippen LogP contribution in [-0.2, 0) is 9.53 Å². The Bertz CT molecular complexity index is 406. The molecule has 3 nitrogen and oxygen atoms in total. The number of benzene rings is 1. The van der Waals surface area contributed by atoms with Crippen molar-refractivity contribution in [2.24, 2.45) is 0 Å². The number of hydrogen-bond acceptors (Lipinski definition) is 2. The Morgan fingerprint density at radius 2 is 2.12 bits per heavy atom. The van der Waals surface area contributed by atoms with E-state index in [0.717, 1.165) is 0 Å². The minimum absolute atomic E-state index is 0.145. The van der Waals surface area contributed by atoms with Crippen molar-refractivity contribution in [3.05, 3.63) is 34.3 Å². The predicted molar refractivity (Wildman–Crippen MR) is 56.5 cm³/mol. The molecular weight excluding hydrogens is 305 g/mol. The van der Waals surface area contributed by atoms with Crippen LogP contribution in [-0.4, -0.2) is 23.9 Å². The van der Waals surface area contributed by atoms with Gasteiger partial charge in [-0.25, -0.2) is 4.79 Å². The topological polar surface area (TPSA) is 46.5 Å². The van der Waals surface area contributed by atoms with Gasteiger partial charge in [0, 0.05) is 4.47 Å². The molecule has 0 saturated heterocycles. The summed E-state index contributed by atoms with van der Waals surface area (Å²) in [6, 6.07) is 5.45. The average Bonchev–Trinajstić information content (AvgIpc) is 2.15. The summed E-state index contributed by atoms with van der Waals surface area (Å²) in [4.78, 5) is 10.2. The molecule has 0 aliphatic carbocycles. The molecule has 1 aromatic carbocycles. The van der Waals surface area contributed by atoms with Crippen molar-refractivity contribution in [1.29, 1.82) is 0 Å². The van der Waals surface area contributed by atoms with Crippen molar-refractivity contribution < 1.29 is 27.8 Å². The van der Waals surface area contributed by atoms with E-state index >= 15 is 0 Å². The van der Waals surface area contributed by atoms with Gasteiger partial charge >= 0.3 is 12.1 Å². The second kappa shape index (κ2) is 5.50. The summed E-state index contributed by atoms with van der Waals surface area (Å²) in [7, 11) is 0. The molecule has 0 heterocycles. The fourth-order valence-electron chi connectivity index (χ4n) is 1.20. The predicted octanol–water partition coefficient (Wildman–Crippen LogP) is 3.15. The number of carboxylic acid groups (broad SMARTS) is 1. The van der Waals surface area contributed by atoms with Gasteiger partial charge in [0.2, 0.25) is 0 Å². The summed E-state index contributed by atoms with van der Waals surface area (Å²) in [6.45, 7) is -1.00. The quantitative estimate of drug-likeness (QED) is 0.929. The van der Waals surface area contributed by atoms with Crippen LogP contribution in [0.5, 0.6) is 0 Å². The first-order valence-corrected chi connectivity index (χ1v) is 5.25. The van der Waals surface area contributed by atoms with Gasteiger partial charge in [-0.15, -0.1) is 0 Å². The van der Waals surface area contributed by atoms with Gasteiger partial charge in [0.15, 0.2) is 6.10 Å². The number of ether oxygens (including phenoxy) is 1. The first-order chi connectivity index (χ1) is 7.80. The van der Waals surface area contributed by atoms with Gasteiger partial charge in [0.25, 0.3) is 0 Å². The van der Waals surface area contributed by atoms with E-state index in [1.807, 2.05) is 0 Å². The highest BCUT2D eigenvalue weighted by Gasteiger charge is 2.42. The zero-order chi connectivity index (χ0) is 13.1. The van der Waals surface area contributed by atoms with Crippen molar-refractivity contribution in [2.75, 3.05) is 6.61 Å². The van der Waals surface area contributed by atoms with Gasteiger partial charge in [0.05, 0.1) is 0 Å². The third-order valence-corrected chi connectivity index (χ3v) is 2.32. The number of alkyl halides is 3. The van der Waals surface area contributed by atoms with Crippen molar-refractivity contribution in [2.45, 2.75) is 12.3 Å². The third kappa shape index (κ3) is 4.35. The van der Waals surface area contributed by atoms with Crippen LogP contribution in [0, 0.1) is 0 Å². The molecule has 1 N–H and O–H groups in total. The molecule has 0 amide bonds. The zero-order valence-electron chi connectivity index (χ0n) is 8.37. The summed E-state index contributed by atoms with van der Waals surface area (Å²) in [6.07, 6.45) is -6.90. The number of hydrogen-bond donors (Lipinski definition) is 1. The molecule has 0 aliphatic rings. The Morgan fingerprint density at radius 1 is 1.47 bits per heavy atom. The Balaban J connectivity index is 2.94. The van der Waals surface area contributed by atoms with E-state index in [9.17, 15) is 18.0 Å². The lowest BCUT2D eigenvalue weighted by molar-refractivity contribution is -0.225. The van der Waals surface area contributed by atoms with Crippen molar-refractivity contribution >= 4 is 21.9 Å². The lowest BCUT2D eigenvalue weighted by Crippen LogP contribution is -2.25. The molecule has 0 bridgehead atoms. The van der Waals surface area contributed by atoms with E-state index in [1.165, 1.54) is 18.2 Å². The Hall–Kier alpha value is -1.08. The SMILES string of the molecule is O=C(O)CO[C@@H](c1cccc(Br)c1)C(F)(F)F. The Kier molecular flexibility index (Phi) is 4.53. The van der Waals surface area contributed by atoms with Crippen LogP contribution >= 0.6 is 15.9 Å². The maximum absolute atomic E-state index is 12.7. The van der Waals surface area contributed by atoms with Crippen LogP contribution in [0.15, 0.2) is 28.7 Å². The molecule has 94 valence electrons. The number of halogens is 4. The molecule has 7 heteroatoms. The third-order valence-electron chi connectivity index (χ3n) is 1.82. The van der Waals surface area contributed by atoms with Gasteiger partial charge in [-0.1, -0.05) is 28.1 Å². The molecule has 1 atom stereocenters. The summed E-state index contributed by atoms with van der Waals surface area (Å²) in [5.74, 6) is -1.45. The maximum Gasteiger partial charge on any atom is 0.418 e. The zero-order valence-corrected chi connectivity index (χ0v) is 9.96. The smallest absolute Gasteiger partial charge is 0.418 e. The van der Waals surface area contributed by atoms with Gasteiger partial charge in [-0.05, 0) is 17.7 Å². The van der Waals surface area contributed by atoms with Crippen LogP contribution in [0.2, 0.25) is 0 Å². The van der Waals surface area contributed by atoms with E-state index in [1.54, 1.807) is 6.07 Å². The highest BCUT2D eigenvalue weighted by molar-refractivity contribution is 9.10. The summed E-state index contributed by atoms with van der Waals surface area (Å²) in [5.41, 5.74) is -0.145. The van der Waals surface area contributed by atoms with Crippen molar-refractivity contribution in [1.82, 2.24) is 0 Å². The standard InChI is InChI=1S/C10H8BrF3O3/c11-7-3-1-2-6(4-7)9(10(12,13)14)17-5-8(15)16/h1-4,9H,5H2,(H,15,16)/t9-/m0/s1. The second-order valence-electron chi connectivity index (χ2n) is 3.18. The highest BCUT2D eigenvalue weighted by atomic mass is 79.9. The van der Waals surface area contributed by atoms with Gasteiger partial charge in [-0.3, -0.25) is 0 Å². The van der Waals surface area contributed by atoms with Crippen LogP contribution in [0.4, 0.5) is 13.2 Å². The molecule has 0 aliphatic heterocycles.